The summed E-state index contributed by atoms with van der Waals surface area (Å²) in [5, 5.41) is 12.3. The molecule has 0 amide bonds. The molecule has 0 aliphatic carbocycles. The summed E-state index contributed by atoms with van der Waals surface area (Å²) in [6, 6.07) is 6.52. The molecular formula is C16H17FN2O2. The van der Waals surface area contributed by atoms with E-state index in [1.54, 1.807) is 0 Å². The second kappa shape index (κ2) is 5.44. The summed E-state index contributed by atoms with van der Waals surface area (Å²) >= 11 is 0. The van der Waals surface area contributed by atoms with E-state index < -0.39 is 11.8 Å². The van der Waals surface area contributed by atoms with Gasteiger partial charge in [0.2, 0.25) is 0 Å². The van der Waals surface area contributed by atoms with Crippen molar-refractivity contribution in [2.24, 2.45) is 0 Å². The van der Waals surface area contributed by atoms with E-state index in [1.807, 2.05) is 32.9 Å². The van der Waals surface area contributed by atoms with Crippen molar-refractivity contribution in [3.63, 3.8) is 0 Å². The van der Waals surface area contributed by atoms with Crippen molar-refractivity contribution in [3.8, 4) is 0 Å². The van der Waals surface area contributed by atoms with Crippen LogP contribution in [0.4, 0.5) is 21.5 Å². The average Bonchev–Trinajstić information content (AvgIpc) is 2.37. The quantitative estimate of drug-likeness (QED) is 0.751. The van der Waals surface area contributed by atoms with Crippen molar-refractivity contribution in [1.29, 1.82) is 0 Å². The van der Waals surface area contributed by atoms with Crippen molar-refractivity contribution in [3.05, 3.63) is 52.3 Å². The Balaban J connectivity index is 2.55. The van der Waals surface area contributed by atoms with Gasteiger partial charge in [0, 0.05) is 5.69 Å². The maximum Gasteiger partial charge on any atom is 0.340 e. The molecule has 2 aromatic carbocycles. The Kier molecular flexibility index (Phi) is 3.84. The highest BCUT2D eigenvalue weighted by Crippen LogP contribution is 2.31. The maximum absolute atomic E-state index is 13.5. The Morgan fingerprint density at radius 3 is 2.29 bits per heavy atom. The standard InChI is InChI=1S/C16H17FN2O2/c1-8-6-9(2)15(10(3)7-8)19-12-5-4-11(17)14(18)13(12)16(20)21/h4-7,19H,18H2,1-3H3,(H,20,21). The van der Waals surface area contributed by atoms with Crippen LogP contribution in [0.15, 0.2) is 24.3 Å². The number of nitrogens with one attached hydrogen (secondary N) is 1. The fourth-order valence-corrected chi connectivity index (χ4v) is 2.44. The highest BCUT2D eigenvalue weighted by atomic mass is 19.1. The predicted octanol–water partition coefficient (Wildman–Crippen LogP) is 3.77. The average molecular weight is 288 g/mol. The number of anilines is 3. The Morgan fingerprint density at radius 1 is 1.19 bits per heavy atom. The Bertz CT molecular complexity index is 703. The van der Waals surface area contributed by atoms with Gasteiger partial charge in [0.1, 0.15) is 11.4 Å². The Labute approximate surface area is 122 Å². The molecule has 2 aromatic rings. The number of aryl methyl sites for hydroxylation is 3. The van der Waals surface area contributed by atoms with Crippen LogP contribution < -0.4 is 11.1 Å². The molecule has 21 heavy (non-hydrogen) atoms. The first-order valence-electron chi connectivity index (χ1n) is 6.47. The van der Waals surface area contributed by atoms with Crippen molar-refractivity contribution in [1.82, 2.24) is 0 Å². The van der Waals surface area contributed by atoms with Gasteiger partial charge in [0.25, 0.3) is 0 Å². The molecule has 2 rings (SSSR count). The number of carboxylic acid groups (broad SMARTS) is 1. The SMILES string of the molecule is Cc1cc(C)c(Nc2ccc(F)c(N)c2C(=O)O)c(C)c1. The summed E-state index contributed by atoms with van der Waals surface area (Å²) in [6.07, 6.45) is 0. The van der Waals surface area contributed by atoms with Gasteiger partial charge in [-0.2, -0.15) is 0 Å². The fraction of sp³-hybridized carbons (Fsp3) is 0.188. The molecule has 0 spiro atoms. The highest BCUT2D eigenvalue weighted by molar-refractivity contribution is 6.01. The van der Waals surface area contributed by atoms with E-state index in [0.717, 1.165) is 28.4 Å². The van der Waals surface area contributed by atoms with Crippen LogP contribution in [0.1, 0.15) is 27.0 Å². The number of nitrogen functional groups attached to an aromatic ring is 1. The van der Waals surface area contributed by atoms with Gasteiger partial charge in [0.15, 0.2) is 0 Å². The number of rotatable bonds is 3. The van der Waals surface area contributed by atoms with Crippen molar-refractivity contribution >= 4 is 23.0 Å². The number of benzene rings is 2. The molecule has 0 heterocycles. The molecule has 0 fully saturated rings. The fourth-order valence-electron chi connectivity index (χ4n) is 2.44. The molecule has 0 aromatic heterocycles. The number of carboxylic acids is 1. The van der Waals surface area contributed by atoms with Crippen molar-refractivity contribution in [2.75, 3.05) is 11.1 Å². The van der Waals surface area contributed by atoms with Crippen molar-refractivity contribution in [2.45, 2.75) is 20.8 Å². The van der Waals surface area contributed by atoms with Gasteiger partial charge in [-0.15, -0.1) is 0 Å². The van der Waals surface area contributed by atoms with Crippen LogP contribution >= 0.6 is 0 Å². The zero-order valence-corrected chi connectivity index (χ0v) is 12.1. The molecule has 4 N–H and O–H groups in total. The third-order valence-corrected chi connectivity index (χ3v) is 3.34. The van der Waals surface area contributed by atoms with Crippen LogP contribution in [-0.4, -0.2) is 11.1 Å². The minimum atomic E-state index is -1.27. The summed E-state index contributed by atoms with van der Waals surface area (Å²) < 4.78 is 13.5. The molecular weight excluding hydrogens is 271 g/mol. The lowest BCUT2D eigenvalue weighted by atomic mass is 10.0. The molecule has 0 aliphatic heterocycles. The minimum Gasteiger partial charge on any atom is -0.478 e. The Morgan fingerprint density at radius 2 is 1.76 bits per heavy atom. The van der Waals surface area contributed by atoms with Crippen LogP contribution in [-0.2, 0) is 0 Å². The molecule has 110 valence electrons. The normalized spacial score (nSPS) is 10.5. The molecule has 0 bridgehead atoms. The van der Waals surface area contributed by atoms with E-state index in [0.29, 0.717) is 0 Å². The molecule has 0 radical (unpaired) electrons. The van der Waals surface area contributed by atoms with Gasteiger partial charge in [-0.05, 0) is 44.0 Å². The zero-order chi connectivity index (χ0) is 15.7. The van der Waals surface area contributed by atoms with E-state index >= 15 is 0 Å². The van der Waals surface area contributed by atoms with Gasteiger partial charge in [-0.25, -0.2) is 9.18 Å². The summed E-state index contributed by atoms with van der Waals surface area (Å²) in [5.41, 5.74) is 9.07. The van der Waals surface area contributed by atoms with Crippen LogP contribution in [0.25, 0.3) is 0 Å². The van der Waals surface area contributed by atoms with Gasteiger partial charge in [0.05, 0.1) is 11.4 Å². The number of nitrogens with two attached hydrogens (primary N) is 1. The second-order valence-corrected chi connectivity index (χ2v) is 5.09. The number of carbonyl (C=O) groups is 1. The molecule has 5 heteroatoms. The number of aromatic carboxylic acids is 1. The van der Waals surface area contributed by atoms with E-state index in [9.17, 15) is 14.3 Å². The largest absolute Gasteiger partial charge is 0.478 e. The van der Waals surface area contributed by atoms with E-state index in [2.05, 4.69) is 5.32 Å². The molecule has 0 saturated carbocycles. The summed E-state index contributed by atoms with van der Waals surface area (Å²) in [7, 11) is 0. The minimum absolute atomic E-state index is 0.255. The molecule has 0 saturated heterocycles. The molecule has 4 nitrogen and oxygen atoms in total. The first-order valence-corrected chi connectivity index (χ1v) is 6.47. The van der Waals surface area contributed by atoms with Gasteiger partial charge in [-0.3, -0.25) is 0 Å². The maximum atomic E-state index is 13.5. The van der Waals surface area contributed by atoms with E-state index in [1.165, 1.54) is 6.07 Å². The van der Waals surface area contributed by atoms with Gasteiger partial charge >= 0.3 is 5.97 Å². The lowest BCUT2D eigenvalue weighted by Gasteiger charge is -2.16. The van der Waals surface area contributed by atoms with Crippen LogP contribution in [0.2, 0.25) is 0 Å². The van der Waals surface area contributed by atoms with Gasteiger partial charge < -0.3 is 16.2 Å². The smallest absolute Gasteiger partial charge is 0.340 e. The van der Waals surface area contributed by atoms with E-state index in [-0.39, 0.29) is 16.9 Å². The molecule has 0 atom stereocenters. The first-order chi connectivity index (χ1) is 9.81. The van der Waals surface area contributed by atoms with Crippen LogP contribution in [0.5, 0.6) is 0 Å². The van der Waals surface area contributed by atoms with Gasteiger partial charge in [-0.1, -0.05) is 17.7 Å². The summed E-state index contributed by atoms with van der Waals surface area (Å²) in [5.74, 6) is -2.01. The lowest BCUT2D eigenvalue weighted by molar-refractivity contribution is 0.0698. The number of hydrogen-bond acceptors (Lipinski definition) is 3. The highest BCUT2D eigenvalue weighted by Gasteiger charge is 2.18. The number of halogens is 1. The predicted molar refractivity (Wildman–Crippen MR) is 81.7 cm³/mol. The van der Waals surface area contributed by atoms with E-state index in [4.69, 9.17) is 5.73 Å². The monoisotopic (exact) mass is 288 g/mol. The van der Waals surface area contributed by atoms with Crippen LogP contribution in [0.3, 0.4) is 0 Å². The first kappa shape index (κ1) is 14.8. The van der Waals surface area contributed by atoms with Crippen LogP contribution in [0, 0.1) is 26.6 Å². The number of hydrogen-bond donors (Lipinski definition) is 3. The topological polar surface area (TPSA) is 75.3 Å². The Hall–Kier alpha value is -2.56. The second-order valence-electron chi connectivity index (χ2n) is 5.09. The van der Waals surface area contributed by atoms with Crippen molar-refractivity contribution < 1.29 is 14.3 Å². The zero-order valence-electron chi connectivity index (χ0n) is 12.1. The summed E-state index contributed by atoms with van der Waals surface area (Å²) in [6.45, 7) is 5.84. The molecule has 0 unspecified atom stereocenters. The molecule has 0 aliphatic rings. The summed E-state index contributed by atoms with van der Waals surface area (Å²) in [4.78, 5) is 11.3. The lowest BCUT2D eigenvalue weighted by Crippen LogP contribution is -2.09. The third kappa shape index (κ3) is 2.81. The third-order valence-electron chi connectivity index (χ3n) is 3.34.